The summed E-state index contributed by atoms with van der Waals surface area (Å²) in [6.07, 6.45) is -0.323. The van der Waals surface area contributed by atoms with Gasteiger partial charge in [0.1, 0.15) is 11.6 Å². The van der Waals surface area contributed by atoms with Crippen LogP contribution in [0.3, 0.4) is 0 Å². The molecule has 3 nitrogen and oxygen atoms in total. The maximum Gasteiger partial charge on any atom is 0.227 e. The lowest BCUT2D eigenvalue weighted by Crippen LogP contribution is -2.46. The van der Waals surface area contributed by atoms with Gasteiger partial charge >= 0.3 is 0 Å². The Morgan fingerprint density at radius 2 is 2.11 bits per heavy atom. The lowest BCUT2D eigenvalue weighted by Gasteiger charge is -2.32. The Kier molecular flexibility index (Phi) is 4.87. The number of halogens is 3. The molecule has 1 fully saturated rings. The molecular weight excluding hydrogens is 320 g/mol. The zero-order valence-electron chi connectivity index (χ0n) is 10.2. The van der Waals surface area contributed by atoms with Gasteiger partial charge < -0.3 is 9.64 Å². The van der Waals surface area contributed by atoms with Gasteiger partial charge in [-0.05, 0) is 12.1 Å². The van der Waals surface area contributed by atoms with E-state index in [1.165, 1.54) is 6.07 Å². The second kappa shape index (κ2) is 6.43. The highest BCUT2D eigenvalue weighted by molar-refractivity contribution is 9.09. The summed E-state index contributed by atoms with van der Waals surface area (Å²) in [6, 6.07) is 3.60. The Morgan fingerprint density at radius 3 is 2.74 bits per heavy atom. The molecule has 19 heavy (non-hydrogen) atoms. The first-order valence-electron chi connectivity index (χ1n) is 6.00. The van der Waals surface area contributed by atoms with Crippen molar-refractivity contribution >= 4 is 21.8 Å². The number of carbonyl (C=O) groups excluding carboxylic acids is 1. The van der Waals surface area contributed by atoms with Crippen LogP contribution >= 0.6 is 15.9 Å². The van der Waals surface area contributed by atoms with Gasteiger partial charge in [0.2, 0.25) is 5.91 Å². The molecule has 1 aromatic rings. The lowest BCUT2D eigenvalue weighted by atomic mass is 10.1. The first-order chi connectivity index (χ1) is 9.11. The largest absolute Gasteiger partial charge is 0.374 e. The van der Waals surface area contributed by atoms with Crippen molar-refractivity contribution in [2.24, 2.45) is 0 Å². The summed E-state index contributed by atoms with van der Waals surface area (Å²) in [4.78, 5) is 13.6. The number of hydrogen-bond donors (Lipinski definition) is 0. The summed E-state index contributed by atoms with van der Waals surface area (Å²) >= 11 is 3.29. The van der Waals surface area contributed by atoms with Crippen LogP contribution in [0, 0.1) is 11.6 Å². The van der Waals surface area contributed by atoms with E-state index in [4.69, 9.17) is 4.74 Å². The molecule has 0 bridgehead atoms. The molecule has 0 aromatic heterocycles. The molecule has 1 unspecified atom stereocenters. The summed E-state index contributed by atoms with van der Waals surface area (Å²) in [5, 5.41) is 0.630. The van der Waals surface area contributed by atoms with Crippen molar-refractivity contribution < 1.29 is 18.3 Å². The Labute approximate surface area is 118 Å². The van der Waals surface area contributed by atoms with Crippen molar-refractivity contribution in [2.75, 3.05) is 25.0 Å². The summed E-state index contributed by atoms with van der Waals surface area (Å²) in [5.74, 6) is -1.64. The molecule has 1 amide bonds. The molecule has 0 radical (unpaired) electrons. The fourth-order valence-electron chi connectivity index (χ4n) is 2.00. The number of morpholine rings is 1. The SMILES string of the molecule is O=C(Cc1c(F)cccc1F)N1CCOC(CBr)C1. The predicted molar refractivity (Wildman–Crippen MR) is 70.2 cm³/mol. The standard InChI is InChI=1S/C13H14BrF2NO2/c14-7-9-8-17(4-5-19-9)13(18)6-10-11(15)2-1-3-12(10)16/h1-3,9H,4-8H2. The van der Waals surface area contributed by atoms with Crippen molar-refractivity contribution in [3.05, 3.63) is 35.4 Å². The van der Waals surface area contributed by atoms with Crippen LogP contribution in [-0.2, 0) is 16.0 Å². The van der Waals surface area contributed by atoms with Gasteiger partial charge in [-0.25, -0.2) is 8.78 Å². The summed E-state index contributed by atoms with van der Waals surface area (Å²) in [5.41, 5.74) is -0.172. The van der Waals surface area contributed by atoms with Crippen LogP contribution in [0.15, 0.2) is 18.2 Å². The van der Waals surface area contributed by atoms with Crippen molar-refractivity contribution in [3.8, 4) is 0 Å². The third-order valence-corrected chi connectivity index (χ3v) is 3.78. The van der Waals surface area contributed by atoms with Crippen LogP contribution in [0.1, 0.15) is 5.56 Å². The van der Waals surface area contributed by atoms with Gasteiger partial charge in [0.05, 0.1) is 19.1 Å². The van der Waals surface area contributed by atoms with E-state index < -0.39 is 11.6 Å². The summed E-state index contributed by atoms with van der Waals surface area (Å²) in [7, 11) is 0. The van der Waals surface area contributed by atoms with Gasteiger partial charge in [0.25, 0.3) is 0 Å². The van der Waals surface area contributed by atoms with Crippen LogP contribution in [0.5, 0.6) is 0 Å². The highest BCUT2D eigenvalue weighted by Crippen LogP contribution is 2.15. The third kappa shape index (κ3) is 3.51. The molecule has 1 saturated heterocycles. The minimum atomic E-state index is -0.682. The summed E-state index contributed by atoms with van der Waals surface area (Å²) < 4.78 is 32.4. The number of nitrogens with zero attached hydrogens (tertiary/aromatic N) is 1. The van der Waals surface area contributed by atoms with Crippen LogP contribution in [0.25, 0.3) is 0 Å². The predicted octanol–water partition coefficient (Wildman–Crippen LogP) is 2.13. The van der Waals surface area contributed by atoms with Gasteiger partial charge in [0, 0.05) is 24.0 Å². The average Bonchev–Trinajstić information content (AvgIpc) is 2.43. The maximum absolute atomic E-state index is 13.5. The molecule has 1 aliphatic heterocycles. The van der Waals surface area contributed by atoms with E-state index in [0.29, 0.717) is 25.0 Å². The molecule has 0 N–H and O–H groups in total. The Morgan fingerprint density at radius 1 is 1.42 bits per heavy atom. The molecule has 0 saturated carbocycles. The van der Waals surface area contributed by atoms with Crippen LogP contribution in [0.4, 0.5) is 8.78 Å². The van der Waals surface area contributed by atoms with Crippen LogP contribution in [0.2, 0.25) is 0 Å². The maximum atomic E-state index is 13.5. The van der Waals surface area contributed by atoms with E-state index in [1.807, 2.05) is 0 Å². The van der Waals surface area contributed by atoms with Gasteiger partial charge in [-0.2, -0.15) is 0 Å². The molecule has 1 heterocycles. The molecule has 1 aliphatic rings. The fraction of sp³-hybridized carbons (Fsp3) is 0.462. The van der Waals surface area contributed by atoms with Gasteiger partial charge in [-0.3, -0.25) is 4.79 Å². The van der Waals surface area contributed by atoms with E-state index in [-0.39, 0.29) is 24.0 Å². The molecule has 104 valence electrons. The lowest BCUT2D eigenvalue weighted by molar-refractivity contribution is -0.137. The summed E-state index contributed by atoms with van der Waals surface area (Å²) in [6.45, 7) is 1.35. The molecule has 1 aromatic carbocycles. The van der Waals surface area contributed by atoms with E-state index >= 15 is 0 Å². The second-order valence-corrected chi connectivity index (χ2v) is 5.01. The first-order valence-corrected chi connectivity index (χ1v) is 7.12. The van der Waals surface area contributed by atoms with Crippen LogP contribution in [-0.4, -0.2) is 41.9 Å². The average molecular weight is 334 g/mol. The molecule has 2 rings (SSSR count). The Hall–Kier alpha value is -1.01. The van der Waals surface area contributed by atoms with Gasteiger partial charge in [-0.1, -0.05) is 22.0 Å². The topological polar surface area (TPSA) is 29.5 Å². The number of amides is 1. The highest BCUT2D eigenvalue weighted by atomic mass is 79.9. The van der Waals surface area contributed by atoms with E-state index in [1.54, 1.807) is 4.90 Å². The van der Waals surface area contributed by atoms with Crippen LogP contribution < -0.4 is 0 Å². The minimum absolute atomic E-state index is 0.0665. The Bertz CT molecular complexity index is 450. The zero-order chi connectivity index (χ0) is 13.8. The smallest absolute Gasteiger partial charge is 0.227 e. The van der Waals surface area contributed by atoms with E-state index in [2.05, 4.69) is 15.9 Å². The van der Waals surface area contributed by atoms with Crippen molar-refractivity contribution in [1.82, 2.24) is 4.90 Å². The second-order valence-electron chi connectivity index (χ2n) is 4.36. The zero-order valence-corrected chi connectivity index (χ0v) is 11.8. The normalized spacial score (nSPS) is 19.5. The molecule has 0 spiro atoms. The number of carbonyl (C=O) groups is 1. The van der Waals surface area contributed by atoms with E-state index in [0.717, 1.165) is 12.1 Å². The van der Waals surface area contributed by atoms with Gasteiger partial charge in [0.15, 0.2) is 0 Å². The third-order valence-electron chi connectivity index (χ3n) is 3.05. The monoisotopic (exact) mass is 333 g/mol. The quantitative estimate of drug-likeness (QED) is 0.793. The Balaban J connectivity index is 2.04. The number of benzene rings is 1. The molecular formula is C13H14BrF2NO2. The fourth-order valence-corrected chi connectivity index (χ4v) is 2.40. The van der Waals surface area contributed by atoms with Crippen molar-refractivity contribution in [2.45, 2.75) is 12.5 Å². The number of alkyl halides is 1. The first kappa shape index (κ1) is 14.4. The molecule has 6 heteroatoms. The minimum Gasteiger partial charge on any atom is -0.374 e. The molecule has 0 aliphatic carbocycles. The van der Waals surface area contributed by atoms with Gasteiger partial charge in [-0.15, -0.1) is 0 Å². The number of hydrogen-bond acceptors (Lipinski definition) is 2. The highest BCUT2D eigenvalue weighted by Gasteiger charge is 2.24. The van der Waals surface area contributed by atoms with Crippen molar-refractivity contribution in [1.29, 1.82) is 0 Å². The van der Waals surface area contributed by atoms with Crippen molar-refractivity contribution in [3.63, 3.8) is 0 Å². The molecule has 1 atom stereocenters. The number of ether oxygens (including phenoxy) is 1. The van der Waals surface area contributed by atoms with E-state index in [9.17, 15) is 13.6 Å². The number of rotatable bonds is 3.